The van der Waals surface area contributed by atoms with E-state index in [0.29, 0.717) is 0 Å². The molecule has 0 unspecified atom stereocenters. The fraction of sp³-hybridized carbons (Fsp3) is 0.0909. The maximum absolute atomic E-state index is 5.01. The highest BCUT2D eigenvalue weighted by molar-refractivity contribution is 7.21. The number of benzene rings is 6. The molecule has 0 N–H and O–H groups in total. The summed E-state index contributed by atoms with van der Waals surface area (Å²) in [6.45, 7) is 6.78. The van der Waals surface area contributed by atoms with Crippen molar-refractivity contribution in [1.82, 2.24) is 19.1 Å². The normalized spacial score (nSPS) is 12.4. The largest absolute Gasteiger partial charge is 0.309 e. The summed E-state index contributed by atoms with van der Waals surface area (Å²) >= 11 is 1.74. The Bertz CT molecular complexity index is 2900. The van der Waals surface area contributed by atoms with E-state index in [1.165, 1.54) is 59.1 Å². The summed E-state index contributed by atoms with van der Waals surface area (Å²) in [7, 11) is 0. The number of pyridine rings is 1. The lowest BCUT2D eigenvalue weighted by Gasteiger charge is -2.20. The second-order valence-electron chi connectivity index (χ2n) is 13.9. The summed E-state index contributed by atoms with van der Waals surface area (Å²) in [6.07, 6.45) is 1.96. The Balaban J connectivity index is 1.28. The van der Waals surface area contributed by atoms with Crippen LogP contribution in [-0.2, 0) is 5.41 Å². The van der Waals surface area contributed by atoms with Crippen molar-refractivity contribution >= 4 is 75.9 Å². The molecular formula is C44H32N4S. The molecule has 0 atom stereocenters. The first-order valence-electron chi connectivity index (χ1n) is 16.7. The van der Waals surface area contributed by atoms with Gasteiger partial charge in [-0.15, -0.1) is 11.3 Å². The number of fused-ring (bicyclic) bond motifs is 9. The molecule has 10 rings (SSSR count). The van der Waals surface area contributed by atoms with E-state index in [1.807, 2.05) is 6.20 Å². The monoisotopic (exact) mass is 648 g/mol. The average molecular weight is 649 g/mol. The SMILES string of the molecule is CC(C)(C)c1ccnc(-n2c3cc(-n4c5ccccc5c5ccc(-c6nc7ccccc7s6)cc54)ccc3c3ccc4ccccc4c32)c1. The Hall–Kier alpha value is -5.78. The minimum atomic E-state index is -0.00632. The second kappa shape index (κ2) is 10.4. The summed E-state index contributed by atoms with van der Waals surface area (Å²) in [4.78, 5) is 10.0. The summed E-state index contributed by atoms with van der Waals surface area (Å²) in [5.74, 6) is 0.932. The molecule has 0 bridgehead atoms. The molecule has 0 saturated carbocycles. The highest BCUT2D eigenvalue weighted by Gasteiger charge is 2.21. The molecule has 6 aromatic carbocycles. The van der Waals surface area contributed by atoms with Gasteiger partial charge in [0.15, 0.2) is 0 Å². The van der Waals surface area contributed by atoms with Crippen molar-refractivity contribution < 1.29 is 0 Å². The quantitative estimate of drug-likeness (QED) is 0.191. The number of hydrogen-bond acceptors (Lipinski definition) is 3. The lowest BCUT2D eigenvalue weighted by Crippen LogP contribution is -2.12. The van der Waals surface area contributed by atoms with E-state index in [2.05, 4.69) is 163 Å². The fourth-order valence-electron chi connectivity index (χ4n) is 7.53. The number of rotatable bonds is 3. The molecule has 0 radical (unpaired) electrons. The molecule has 0 spiro atoms. The molecule has 0 aliphatic heterocycles. The van der Waals surface area contributed by atoms with Crippen molar-refractivity contribution in [2.45, 2.75) is 26.2 Å². The fourth-order valence-corrected chi connectivity index (χ4v) is 8.49. The van der Waals surface area contributed by atoms with Crippen LogP contribution >= 0.6 is 11.3 Å². The zero-order valence-electron chi connectivity index (χ0n) is 27.5. The van der Waals surface area contributed by atoms with Gasteiger partial charge in [-0.05, 0) is 64.9 Å². The highest BCUT2D eigenvalue weighted by Crippen LogP contribution is 2.41. The third kappa shape index (κ3) is 4.29. The number of thiazole rings is 1. The molecule has 49 heavy (non-hydrogen) atoms. The second-order valence-corrected chi connectivity index (χ2v) is 15.0. The smallest absolute Gasteiger partial charge is 0.137 e. The molecule has 0 aliphatic rings. The van der Waals surface area contributed by atoms with E-state index in [0.717, 1.165) is 33.1 Å². The van der Waals surface area contributed by atoms with Crippen molar-refractivity contribution in [3.63, 3.8) is 0 Å². The Kier molecular flexibility index (Phi) is 5.97. The van der Waals surface area contributed by atoms with E-state index in [-0.39, 0.29) is 5.41 Å². The topological polar surface area (TPSA) is 35.6 Å². The zero-order valence-corrected chi connectivity index (χ0v) is 28.3. The number of hydrogen-bond donors (Lipinski definition) is 0. The maximum atomic E-state index is 5.01. The van der Waals surface area contributed by atoms with Crippen LogP contribution in [0.15, 0.2) is 140 Å². The third-order valence-corrected chi connectivity index (χ3v) is 11.0. The number of nitrogens with zero attached hydrogens (tertiary/aromatic N) is 4. The van der Waals surface area contributed by atoms with Gasteiger partial charge in [-0.2, -0.15) is 0 Å². The molecule has 4 heterocycles. The van der Waals surface area contributed by atoms with Gasteiger partial charge in [0, 0.05) is 44.4 Å². The molecule has 0 aliphatic carbocycles. The van der Waals surface area contributed by atoms with Crippen LogP contribution in [0.25, 0.3) is 86.7 Å². The van der Waals surface area contributed by atoms with Crippen molar-refractivity contribution in [1.29, 1.82) is 0 Å². The van der Waals surface area contributed by atoms with Crippen LogP contribution in [0.3, 0.4) is 0 Å². The summed E-state index contributed by atoms with van der Waals surface area (Å²) < 4.78 is 6.00. The Morgan fingerprint density at radius 1 is 0.571 bits per heavy atom. The first-order chi connectivity index (χ1) is 23.9. The maximum Gasteiger partial charge on any atom is 0.137 e. The van der Waals surface area contributed by atoms with Gasteiger partial charge in [0.2, 0.25) is 0 Å². The molecule has 4 nitrogen and oxygen atoms in total. The van der Waals surface area contributed by atoms with E-state index in [4.69, 9.17) is 9.97 Å². The minimum absolute atomic E-state index is 0.00632. The highest BCUT2D eigenvalue weighted by atomic mass is 32.1. The van der Waals surface area contributed by atoms with Gasteiger partial charge in [-0.25, -0.2) is 9.97 Å². The zero-order chi connectivity index (χ0) is 32.9. The molecule has 4 aromatic heterocycles. The average Bonchev–Trinajstić information content (AvgIpc) is 3.81. The standard InChI is InChI=1S/C44H32N4S/c1-44(2,3)29-22-23-45-41(25-29)48-39-26-30(18-21-34(39)35-20-16-27-10-4-5-11-31(27)42(35)48)47-37-14-8-6-12-32(37)33-19-17-28(24-38(33)47)43-46-36-13-7-9-15-40(36)49-43/h4-26H,1-3H3. The first-order valence-corrected chi connectivity index (χ1v) is 17.6. The number of para-hydroxylation sites is 2. The van der Waals surface area contributed by atoms with Crippen molar-refractivity contribution in [2.24, 2.45) is 0 Å². The number of aromatic nitrogens is 4. The predicted octanol–water partition coefficient (Wildman–Crippen LogP) is 12.0. The van der Waals surface area contributed by atoms with Crippen LogP contribution < -0.4 is 0 Å². The van der Waals surface area contributed by atoms with Crippen LogP contribution in [0.5, 0.6) is 0 Å². The van der Waals surface area contributed by atoms with Gasteiger partial charge in [0.25, 0.3) is 0 Å². The molecule has 10 aromatic rings. The molecule has 0 amide bonds. The minimum Gasteiger partial charge on any atom is -0.309 e. The lowest BCUT2D eigenvalue weighted by atomic mass is 9.88. The van der Waals surface area contributed by atoms with Gasteiger partial charge in [0.05, 0.1) is 32.3 Å². The molecular weight excluding hydrogens is 617 g/mol. The van der Waals surface area contributed by atoms with Gasteiger partial charge >= 0.3 is 0 Å². The van der Waals surface area contributed by atoms with Crippen LogP contribution in [0.1, 0.15) is 26.3 Å². The van der Waals surface area contributed by atoms with E-state index >= 15 is 0 Å². The lowest BCUT2D eigenvalue weighted by molar-refractivity contribution is 0.589. The van der Waals surface area contributed by atoms with Crippen LogP contribution in [-0.4, -0.2) is 19.1 Å². The van der Waals surface area contributed by atoms with E-state index < -0.39 is 0 Å². The van der Waals surface area contributed by atoms with Gasteiger partial charge < -0.3 is 4.57 Å². The Morgan fingerprint density at radius 2 is 1.29 bits per heavy atom. The summed E-state index contributed by atoms with van der Waals surface area (Å²) in [6, 6.07) is 48.4. The van der Waals surface area contributed by atoms with Crippen LogP contribution in [0.4, 0.5) is 0 Å². The van der Waals surface area contributed by atoms with Crippen molar-refractivity contribution in [2.75, 3.05) is 0 Å². The van der Waals surface area contributed by atoms with E-state index in [1.54, 1.807) is 11.3 Å². The predicted molar refractivity (Wildman–Crippen MR) is 208 cm³/mol. The van der Waals surface area contributed by atoms with Gasteiger partial charge in [-0.1, -0.05) is 106 Å². The van der Waals surface area contributed by atoms with Gasteiger partial charge in [-0.3, -0.25) is 4.57 Å². The van der Waals surface area contributed by atoms with Crippen LogP contribution in [0, 0.1) is 0 Å². The Morgan fingerprint density at radius 3 is 2.16 bits per heavy atom. The molecule has 0 fully saturated rings. The van der Waals surface area contributed by atoms with E-state index in [9.17, 15) is 0 Å². The summed E-state index contributed by atoms with van der Waals surface area (Å²) in [5.41, 5.74) is 9.19. The van der Waals surface area contributed by atoms with Crippen molar-refractivity contribution in [3.05, 3.63) is 145 Å². The summed E-state index contributed by atoms with van der Waals surface area (Å²) in [5, 5.41) is 8.37. The third-order valence-electron chi connectivity index (χ3n) is 9.95. The van der Waals surface area contributed by atoms with Gasteiger partial charge in [0.1, 0.15) is 10.8 Å². The first kappa shape index (κ1) is 28.3. The molecule has 0 saturated heterocycles. The Labute approximate surface area is 287 Å². The van der Waals surface area contributed by atoms with Crippen molar-refractivity contribution in [3.8, 4) is 22.1 Å². The molecule has 5 heteroatoms. The van der Waals surface area contributed by atoms with Crippen LogP contribution in [0.2, 0.25) is 0 Å². The molecule has 234 valence electrons.